The number of rotatable bonds is 3. The summed E-state index contributed by atoms with van der Waals surface area (Å²) in [6, 6.07) is 6.09. The van der Waals surface area contributed by atoms with Crippen LogP contribution in [0.1, 0.15) is 27.2 Å². The molecule has 5 heteroatoms. The van der Waals surface area contributed by atoms with E-state index in [-0.39, 0.29) is 5.91 Å². The maximum Gasteiger partial charge on any atom is 0.270 e. The number of piperazine rings is 1. The number of amides is 1. The van der Waals surface area contributed by atoms with E-state index in [0.717, 1.165) is 56.3 Å². The summed E-state index contributed by atoms with van der Waals surface area (Å²) in [5, 5.41) is 3.37. The second-order valence-electron chi connectivity index (χ2n) is 6.43. The van der Waals surface area contributed by atoms with Gasteiger partial charge in [0.15, 0.2) is 5.60 Å². The molecule has 22 heavy (non-hydrogen) atoms. The number of hydrogen-bond donors (Lipinski definition) is 1. The fourth-order valence-electron chi connectivity index (χ4n) is 3.21. The number of nitrogens with zero attached hydrogens (tertiary/aromatic N) is 2. The third-order valence-corrected chi connectivity index (χ3v) is 4.28. The minimum Gasteiger partial charge on any atom is -0.476 e. The van der Waals surface area contributed by atoms with E-state index in [1.807, 2.05) is 30.9 Å². The monoisotopic (exact) mass is 303 g/mol. The summed E-state index contributed by atoms with van der Waals surface area (Å²) in [7, 11) is 0. The highest BCUT2D eigenvalue weighted by atomic mass is 16.5. The van der Waals surface area contributed by atoms with Crippen molar-refractivity contribution < 1.29 is 9.53 Å². The van der Waals surface area contributed by atoms with Crippen molar-refractivity contribution in [3.63, 3.8) is 0 Å². The number of hydrogen-bond acceptors (Lipinski definition) is 4. The number of para-hydroxylation sites is 1. The van der Waals surface area contributed by atoms with Gasteiger partial charge in [0.1, 0.15) is 11.4 Å². The summed E-state index contributed by atoms with van der Waals surface area (Å²) in [5.41, 5.74) is 1.25. The third kappa shape index (κ3) is 2.54. The average molecular weight is 303 g/mol. The second kappa shape index (κ2) is 5.80. The lowest BCUT2D eigenvalue weighted by molar-refractivity contribution is -0.132. The highest BCUT2D eigenvalue weighted by Gasteiger charge is 2.42. The van der Waals surface area contributed by atoms with E-state index in [4.69, 9.17) is 4.74 Å². The quantitative estimate of drug-likeness (QED) is 0.928. The van der Waals surface area contributed by atoms with Gasteiger partial charge in [0.2, 0.25) is 0 Å². The second-order valence-corrected chi connectivity index (χ2v) is 6.43. The number of fused-ring (bicyclic) bond motifs is 1. The van der Waals surface area contributed by atoms with Crippen LogP contribution in [-0.4, -0.2) is 44.2 Å². The smallest absolute Gasteiger partial charge is 0.270 e. The zero-order chi connectivity index (χ0) is 15.7. The SMILES string of the molecule is CCCN1C(=O)C(C)(C)Oc2cccc(N3CCNCC3)c21. The van der Waals surface area contributed by atoms with Crippen LogP contribution in [-0.2, 0) is 4.79 Å². The molecule has 120 valence electrons. The molecular formula is C17H25N3O2. The van der Waals surface area contributed by atoms with Crippen molar-refractivity contribution >= 4 is 17.3 Å². The molecule has 0 unspecified atom stereocenters. The molecule has 1 fully saturated rings. The van der Waals surface area contributed by atoms with Crippen molar-refractivity contribution in [3.8, 4) is 5.75 Å². The Balaban J connectivity index is 2.07. The van der Waals surface area contributed by atoms with Crippen molar-refractivity contribution in [3.05, 3.63) is 18.2 Å². The number of nitrogens with one attached hydrogen (secondary N) is 1. The number of ether oxygens (including phenoxy) is 1. The summed E-state index contributed by atoms with van der Waals surface area (Å²) in [5.74, 6) is 0.860. The first-order valence-corrected chi connectivity index (χ1v) is 8.14. The normalized spacial score (nSPS) is 20.6. The number of carbonyl (C=O) groups excluding carboxylic acids is 1. The molecule has 2 heterocycles. The summed E-state index contributed by atoms with van der Waals surface area (Å²) in [6.07, 6.45) is 0.928. The van der Waals surface area contributed by atoms with Gasteiger partial charge >= 0.3 is 0 Å². The predicted octanol–water partition coefficient (Wildman–Crippen LogP) is 2.01. The molecule has 3 rings (SSSR count). The fraction of sp³-hybridized carbons (Fsp3) is 0.588. The molecule has 2 aliphatic rings. The summed E-state index contributed by atoms with van der Waals surface area (Å²) in [4.78, 5) is 17.1. The minimum atomic E-state index is -0.801. The van der Waals surface area contributed by atoms with Crippen LogP contribution in [0, 0.1) is 0 Å². The third-order valence-electron chi connectivity index (χ3n) is 4.28. The molecule has 1 saturated heterocycles. The van der Waals surface area contributed by atoms with Crippen LogP contribution in [0.5, 0.6) is 5.75 Å². The maximum atomic E-state index is 12.8. The van der Waals surface area contributed by atoms with Gasteiger partial charge in [-0.05, 0) is 32.4 Å². The maximum absolute atomic E-state index is 12.8. The van der Waals surface area contributed by atoms with E-state index >= 15 is 0 Å². The van der Waals surface area contributed by atoms with Gasteiger partial charge in [-0.15, -0.1) is 0 Å². The Morgan fingerprint density at radius 2 is 2.00 bits per heavy atom. The van der Waals surface area contributed by atoms with E-state index in [0.29, 0.717) is 0 Å². The molecule has 0 atom stereocenters. The summed E-state index contributed by atoms with van der Waals surface area (Å²) in [6.45, 7) is 10.4. The molecule has 0 bridgehead atoms. The average Bonchev–Trinajstić information content (AvgIpc) is 2.52. The molecule has 0 aliphatic carbocycles. The molecule has 2 aliphatic heterocycles. The van der Waals surface area contributed by atoms with Gasteiger partial charge in [0.25, 0.3) is 5.91 Å². The highest BCUT2D eigenvalue weighted by molar-refractivity contribution is 6.05. The lowest BCUT2D eigenvalue weighted by Crippen LogP contribution is -2.53. The Morgan fingerprint density at radius 1 is 1.27 bits per heavy atom. The molecule has 1 amide bonds. The largest absolute Gasteiger partial charge is 0.476 e. The first-order valence-electron chi connectivity index (χ1n) is 8.14. The lowest BCUT2D eigenvalue weighted by Gasteiger charge is -2.42. The van der Waals surface area contributed by atoms with E-state index in [1.54, 1.807) is 0 Å². The first-order chi connectivity index (χ1) is 10.5. The molecule has 0 radical (unpaired) electrons. The van der Waals surface area contributed by atoms with Crippen molar-refractivity contribution in [1.29, 1.82) is 0 Å². The van der Waals surface area contributed by atoms with Crippen LogP contribution in [0.4, 0.5) is 11.4 Å². The predicted molar refractivity (Wildman–Crippen MR) is 88.9 cm³/mol. The Bertz CT molecular complexity index is 565. The minimum absolute atomic E-state index is 0.0458. The Labute approximate surface area is 132 Å². The van der Waals surface area contributed by atoms with Crippen LogP contribution in [0.25, 0.3) is 0 Å². The fourth-order valence-corrected chi connectivity index (χ4v) is 3.21. The van der Waals surface area contributed by atoms with E-state index in [1.165, 1.54) is 0 Å². The highest BCUT2D eigenvalue weighted by Crippen LogP contribution is 2.44. The lowest BCUT2D eigenvalue weighted by atomic mass is 10.0. The number of benzene rings is 1. The van der Waals surface area contributed by atoms with Crippen LogP contribution < -0.4 is 19.9 Å². The standard InChI is InChI=1S/C17H25N3O2/c1-4-10-20-15-13(19-11-8-18-9-12-19)6-5-7-14(15)22-17(2,3)16(20)21/h5-7,18H,4,8-12H2,1-3H3. The van der Waals surface area contributed by atoms with Gasteiger partial charge < -0.3 is 19.9 Å². The molecule has 0 saturated carbocycles. The molecule has 5 nitrogen and oxygen atoms in total. The van der Waals surface area contributed by atoms with E-state index in [2.05, 4.69) is 23.2 Å². The molecule has 0 aromatic heterocycles. The van der Waals surface area contributed by atoms with Gasteiger partial charge in [0, 0.05) is 32.7 Å². The van der Waals surface area contributed by atoms with Gasteiger partial charge in [0.05, 0.1) is 5.69 Å². The van der Waals surface area contributed by atoms with Crippen molar-refractivity contribution in [1.82, 2.24) is 5.32 Å². The van der Waals surface area contributed by atoms with Crippen molar-refractivity contribution in [2.75, 3.05) is 42.5 Å². The molecule has 1 N–H and O–H groups in total. The van der Waals surface area contributed by atoms with Crippen molar-refractivity contribution in [2.24, 2.45) is 0 Å². The Morgan fingerprint density at radius 3 is 2.68 bits per heavy atom. The van der Waals surface area contributed by atoms with Crippen LogP contribution in [0.15, 0.2) is 18.2 Å². The van der Waals surface area contributed by atoms with E-state index < -0.39 is 5.60 Å². The van der Waals surface area contributed by atoms with Gasteiger partial charge in [-0.3, -0.25) is 4.79 Å². The van der Waals surface area contributed by atoms with E-state index in [9.17, 15) is 4.79 Å². The first kappa shape index (κ1) is 15.2. The van der Waals surface area contributed by atoms with Gasteiger partial charge in [-0.25, -0.2) is 0 Å². The zero-order valence-electron chi connectivity index (χ0n) is 13.7. The van der Waals surface area contributed by atoms with Crippen LogP contribution in [0.3, 0.4) is 0 Å². The Kier molecular flexibility index (Phi) is 4.00. The molecule has 0 spiro atoms. The van der Waals surface area contributed by atoms with Gasteiger partial charge in [-0.1, -0.05) is 13.0 Å². The van der Waals surface area contributed by atoms with Gasteiger partial charge in [-0.2, -0.15) is 0 Å². The summed E-state index contributed by atoms with van der Waals surface area (Å²) < 4.78 is 6.01. The Hall–Kier alpha value is -1.75. The summed E-state index contributed by atoms with van der Waals surface area (Å²) >= 11 is 0. The van der Waals surface area contributed by atoms with Crippen LogP contribution in [0.2, 0.25) is 0 Å². The molecule has 1 aromatic rings. The number of anilines is 2. The number of carbonyl (C=O) groups is 1. The topological polar surface area (TPSA) is 44.8 Å². The van der Waals surface area contributed by atoms with Crippen molar-refractivity contribution in [2.45, 2.75) is 32.8 Å². The zero-order valence-corrected chi connectivity index (χ0v) is 13.7. The molecule has 1 aromatic carbocycles. The molecular weight excluding hydrogens is 278 g/mol. The van der Waals surface area contributed by atoms with Crippen LogP contribution >= 0.6 is 0 Å².